The van der Waals surface area contributed by atoms with Gasteiger partial charge in [-0.2, -0.15) is 8.78 Å². The van der Waals surface area contributed by atoms with Crippen molar-refractivity contribution in [3.63, 3.8) is 0 Å². The van der Waals surface area contributed by atoms with Gasteiger partial charge >= 0.3 is 6.61 Å². The standard InChI is InChI=1S/C21H17F3N2O4S/c1-13-9-10-16(12-17(13)22)31(28,29)26-15-6-4-5-14(11-15)20(27)25-18-7-2-3-8-19(18)30-21(23)24/h2-12,21,26H,1H3,(H,25,27). The van der Waals surface area contributed by atoms with Crippen LogP contribution < -0.4 is 14.8 Å². The molecule has 0 atom stereocenters. The molecule has 0 saturated carbocycles. The third-order valence-corrected chi connectivity index (χ3v) is 5.56. The topological polar surface area (TPSA) is 84.5 Å². The summed E-state index contributed by atoms with van der Waals surface area (Å²) >= 11 is 0. The normalized spacial score (nSPS) is 11.3. The Labute approximate surface area is 176 Å². The fraction of sp³-hybridized carbons (Fsp3) is 0.0952. The van der Waals surface area contributed by atoms with E-state index in [0.717, 1.165) is 6.07 Å². The molecule has 0 spiro atoms. The summed E-state index contributed by atoms with van der Waals surface area (Å²) in [6, 6.07) is 14.7. The van der Waals surface area contributed by atoms with Crippen molar-refractivity contribution in [2.75, 3.05) is 10.0 Å². The van der Waals surface area contributed by atoms with Crippen molar-refractivity contribution >= 4 is 27.3 Å². The highest BCUT2D eigenvalue weighted by molar-refractivity contribution is 7.92. The molecular weight excluding hydrogens is 433 g/mol. The maximum absolute atomic E-state index is 13.7. The second-order valence-electron chi connectivity index (χ2n) is 6.43. The molecule has 0 fully saturated rings. The molecule has 162 valence electrons. The van der Waals surface area contributed by atoms with Gasteiger partial charge in [0.15, 0.2) is 0 Å². The Morgan fingerprint density at radius 2 is 1.74 bits per heavy atom. The predicted molar refractivity (Wildman–Crippen MR) is 109 cm³/mol. The van der Waals surface area contributed by atoms with Crippen LogP contribution in [0, 0.1) is 12.7 Å². The van der Waals surface area contributed by atoms with E-state index in [2.05, 4.69) is 14.8 Å². The van der Waals surface area contributed by atoms with E-state index in [1.807, 2.05) is 0 Å². The molecule has 3 rings (SSSR count). The second-order valence-corrected chi connectivity index (χ2v) is 8.11. The van der Waals surface area contributed by atoms with Crippen molar-refractivity contribution in [1.82, 2.24) is 0 Å². The van der Waals surface area contributed by atoms with E-state index < -0.39 is 28.4 Å². The Kier molecular flexibility index (Phi) is 6.50. The SMILES string of the molecule is Cc1ccc(S(=O)(=O)Nc2cccc(C(=O)Nc3ccccc3OC(F)F)c2)cc1F. The van der Waals surface area contributed by atoms with Gasteiger partial charge < -0.3 is 10.1 Å². The molecule has 0 heterocycles. The number of anilines is 2. The minimum atomic E-state index is -4.10. The van der Waals surface area contributed by atoms with Crippen LogP contribution in [0.2, 0.25) is 0 Å². The van der Waals surface area contributed by atoms with Crippen LogP contribution in [0.3, 0.4) is 0 Å². The second kappa shape index (κ2) is 9.09. The lowest BCUT2D eigenvalue weighted by molar-refractivity contribution is -0.0493. The summed E-state index contributed by atoms with van der Waals surface area (Å²) in [5.74, 6) is -1.56. The first-order valence-electron chi connectivity index (χ1n) is 8.90. The van der Waals surface area contributed by atoms with E-state index in [4.69, 9.17) is 0 Å². The van der Waals surface area contributed by atoms with Gasteiger partial charge in [-0.3, -0.25) is 9.52 Å². The smallest absolute Gasteiger partial charge is 0.387 e. The van der Waals surface area contributed by atoms with Crippen LogP contribution in [0.5, 0.6) is 5.75 Å². The Bertz CT molecular complexity index is 1220. The van der Waals surface area contributed by atoms with Crippen molar-refractivity contribution < 1.29 is 31.1 Å². The molecule has 0 aliphatic rings. The third kappa shape index (κ3) is 5.54. The van der Waals surface area contributed by atoms with Gasteiger partial charge in [0.05, 0.1) is 10.6 Å². The highest BCUT2D eigenvalue weighted by atomic mass is 32.2. The molecule has 3 aromatic carbocycles. The molecule has 1 amide bonds. The number of hydrogen-bond acceptors (Lipinski definition) is 4. The summed E-state index contributed by atoms with van der Waals surface area (Å²) in [6.45, 7) is -1.56. The summed E-state index contributed by atoms with van der Waals surface area (Å²) in [4.78, 5) is 12.3. The zero-order chi connectivity index (χ0) is 22.6. The van der Waals surface area contributed by atoms with Crippen LogP contribution in [0.15, 0.2) is 71.6 Å². The van der Waals surface area contributed by atoms with Gasteiger partial charge in [0, 0.05) is 11.3 Å². The van der Waals surface area contributed by atoms with Crippen molar-refractivity contribution in [2.45, 2.75) is 18.4 Å². The first kappa shape index (κ1) is 22.2. The summed E-state index contributed by atoms with van der Waals surface area (Å²) in [5.41, 5.74) is 0.440. The number of rotatable bonds is 7. The van der Waals surface area contributed by atoms with Crippen molar-refractivity contribution in [1.29, 1.82) is 0 Å². The molecular formula is C21H17F3N2O4S. The van der Waals surface area contributed by atoms with Crippen LogP contribution in [0.1, 0.15) is 15.9 Å². The Morgan fingerprint density at radius 3 is 2.45 bits per heavy atom. The molecule has 3 aromatic rings. The Hall–Kier alpha value is -3.53. The van der Waals surface area contributed by atoms with Crippen LogP contribution in [-0.4, -0.2) is 20.9 Å². The number of amides is 1. The number of carbonyl (C=O) groups is 1. The zero-order valence-electron chi connectivity index (χ0n) is 16.1. The molecule has 2 N–H and O–H groups in total. The number of ether oxygens (including phenoxy) is 1. The zero-order valence-corrected chi connectivity index (χ0v) is 16.9. The number of benzene rings is 3. The lowest BCUT2D eigenvalue weighted by Crippen LogP contribution is -2.16. The fourth-order valence-corrected chi connectivity index (χ4v) is 3.70. The lowest BCUT2D eigenvalue weighted by Gasteiger charge is -2.13. The van der Waals surface area contributed by atoms with Crippen LogP contribution in [0.25, 0.3) is 0 Å². The number of alkyl halides is 2. The maximum atomic E-state index is 13.7. The van der Waals surface area contributed by atoms with E-state index >= 15 is 0 Å². The molecule has 0 saturated heterocycles. The number of halogens is 3. The summed E-state index contributed by atoms with van der Waals surface area (Å²) in [6.07, 6.45) is 0. The fourth-order valence-electron chi connectivity index (χ4n) is 2.64. The van der Waals surface area contributed by atoms with Crippen molar-refractivity contribution in [3.8, 4) is 5.75 Å². The van der Waals surface area contributed by atoms with E-state index in [9.17, 15) is 26.4 Å². The maximum Gasteiger partial charge on any atom is 0.387 e. The van der Waals surface area contributed by atoms with Crippen LogP contribution in [-0.2, 0) is 10.0 Å². The van der Waals surface area contributed by atoms with Gasteiger partial charge in [-0.15, -0.1) is 0 Å². The molecule has 0 bridgehead atoms. The summed E-state index contributed by atoms with van der Waals surface area (Å²) in [5, 5.41) is 2.44. The van der Waals surface area contributed by atoms with Gasteiger partial charge in [0.2, 0.25) is 0 Å². The Morgan fingerprint density at radius 1 is 1.00 bits per heavy atom. The predicted octanol–water partition coefficient (Wildman–Crippen LogP) is 4.79. The first-order valence-corrected chi connectivity index (χ1v) is 10.4. The van der Waals surface area contributed by atoms with Crippen molar-refractivity contribution in [3.05, 3.63) is 83.7 Å². The number of para-hydroxylation sites is 2. The molecule has 0 aromatic heterocycles. The molecule has 0 aliphatic heterocycles. The number of carbonyl (C=O) groups excluding carboxylic acids is 1. The number of hydrogen-bond donors (Lipinski definition) is 2. The number of aryl methyl sites for hydroxylation is 1. The minimum Gasteiger partial charge on any atom is -0.433 e. The average Bonchev–Trinajstić information content (AvgIpc) is 2.71. The van der Waals surface area contributed by atoms with Crippen LogP contribution >= 0.6 is 0 Å². The minimum absolute atomic E-state index is 0.0221. The average molecular weight is 450 g/mol. The molecule has 0 unspecified atom stereocenters. The molecule has 6 nitrogen and oxygen atoms in total. The van der Waals surface area contributed by atoms with E-state index in [0.29, 0.717) is 5.56 Å². The number of nitrogens with one attached hydrogen (secondary N) is 2. The summed E-state index contributed by atoms with van der Waals surface area (Å²) in [7, 11) is -4.10. The quantitative estimate of drug-likeness (QED) is 0.542. The van der Waals surface area contributed by atoms with Gasteiger partial charge in [0.1, 0.15) is 11.6 Å². The molecule has 0 aliphatic carbocycles. The number of sulfonamides is 1. The first-order chi connectivity index (χ1) is 14.7. The molecule has 10 heteroatoms. The van der Waals surface area contributed by atoms with E-state index in [-0.39, 0.29) is 27.6 Å². The van der Waals surface area contributed by atoms with Gasteiger partial charge in [0.25, 0.3) is 15.9 Å². The largest absolute Gasteiger partial charge is 0.433 e. The Balaban J connectivity index is 1.80. The van der Waals surface area contributed by atoms with Crippen molar-refractivity contribution in [2.24, 2.45) is 0 Å². The lowest BCUT2D eigenvalue weighted by atomic mass is 10.2. The summed E-state index contributed by atoms with van der Waals surface area (Å²) < 4.78 is 70.5. The third-order valence-electron chi connectivity index (χ3n) is 4.18. The molecule has 31 heavy (non-hydrogen) atoms. The van der Waals surface area contributed by atoms with Gasteiger partial charge in [-0.1, -0.05) is 24.3 Å². The van der Waals surface area contributed by atoms with Gasteiger partial charge in [-0.05, 0) is 55.0 Å². The van der Waals surface area contributed by atoms with E-state index in [1.54, 1.807) is 0 Å². The molecule has 0 radical (unpaired) electrons. The van der Waals surface area contributed by atoms with E-state index in [1.165, 1.54) is 67.6 Å². The highest BCUT2D eigenvalue weighted by Gasteiger charge is 2.17. The van der Waals surface area contributed by atoms with Crippen LogP contribution in [0.4, 0.5) is 24.5 Å². The highest BCUT2D eigenvalue weighted by Crippen LogP contribution is 2.26. The van der Waals surface area contributed by atoms with Gasteiger partial charge in [-0.25, -0.2) is 12.8 Å². The monoisotopic (exact) mass is 450 g/mol.